The van der Waals surface area contributed by atoms with Crippen molar-refractivity contribution in [3.63, 3.8) is 0 Å². The van der Waals surface area contributed by atoms with Crippen molar-refractivity contribution in [2.75, 3.05) is 20.2 Å². The van der Waals surface area contributed by atoms with Gasteiger partial charge in [-0.1, -0.05) is 43.2 Å². The van der Waals surface area contributed by atoms with Crippen LogP contribution < -0.4 is 10.1 Å². The Bertz CT molecular complexity index is 1120. The van der Waals surface area contributed by atoms with E-state index in [1.807, 2.05) is 0 Å². The van der Waals surface area contributed by atoms with Gasteiger partial charge in [0.2, 0.25) is 16.1 Å². The van der Waals surface area contributed by atoms with Crippen LogP contribution >= 0.6 is 0 Å². The summed E-state index contributed by atoms with van der Waals surface area (Å²) in [5.74, 6) is -1.06. The third kappa shape index (κ3) is 5.59. The number of esters is 1. The number of benzene rings is 2. The van der Waals surface area contributed by atoms with Crippen molar-refractivity contribution < 1.29 is 27.5 Å². The van der Waals surface area contributed by atoms with Crippen LogP contribution in [0.5, 0.6) is 5.75 Å². The summed E-state index contributed by atoms with van der Waals surface area (Å²) < 4.78 is 39.0. The van der Waals surface area contributed by atoms with Gasteiger partial charge in [0.15, 0.2) is 0 Å². The van der Waals surface area contributed by atoms with Crippen LogP contribution in [0, 0.1) is 0 Å². The molecule has 34 heavy (non-hydrogen) atoms. The Hall–Kier alpha value is -2.91. The molecular weight excluding hydrogens is 456 g/mol. The predicted molar refractivity (Wildman–Crippen MR) is 126 cm³/mol. The van der Waals surface area contributed by atoms with Gasteiger partial charge in [0, 0.05) is 24.7 Å². The van der Waals surface area contributed by atoms with Gasteiger partial charge in [0.25, 0.3) is 5.91 Å². The Labute approximate surface area is 200 Å². The standard InChI is InChI=1S/C25H30N2O6S/c1-32-22-14-13-20(34(30,31)27-15-7-2-3-8-16-27)17-21(22)25(29)33-23(18-9-5-4-6-10-18)24(28)26-19-11-12-19/h4-6,9-10,13-14,17,19,23H,2-3,7-8,11-12,15-16H2,1H3,(H,26,28)/t23-/m0/s1. The van der Waals surface area contributed by atoms with E-state index in [2.05, 4.69) is 5.32 Å². The molecule has 1 saturated heterocycles. The molecule has 2 aliphatic rings. The highest BCUT2D eigenvalue weighted by Gasteiger charge is 2.33. The highest BCUT2D eigenvalue weighted by molar-refractivity contribution is 7.89. The number of methoxy groups -OCH3 is 1. The molecule has 2 aromatic carbocycles. The Morgan fingerprint density at radius 1 is 1.00 bits per heavy atom. The first-order valence-corrected chi connectivity index (χ1v) is 13.1. The molecule has 1 aliphatic heterocycles. The van der Waals surface area contributed by atoms with Gasteiger partial charge in [0.05, 0.1) is 12.0 Å². The maximum absolute atomic E-state index is 13.3. The molecule has 4 rings (SSSR count). The summed E-state index contributed by atoms with van der Waals surface area (Å²) >= 11 is 0. The molecule has 1 aliphatic carbocycles. The van der Waals surface area contributed by atoms with Gasteiger partial charge in [-0.05, 0) is 43.9 Å². The molecule has 9 heteroatoms. The van der Waals surface area contributed by atoms with Crippen molar-refractivity contribution in [1.82, 2.24) is 9.62 Å². The SMILES string of the molecule is COc1ccc(S(=O)(=O)N2CCCCCC2)cc1C(=O)O[C@H](C(=O)NC1CC1)c1ccccc1. The van der Waals surface area contributed by atoms with E-state index in [0.29, 0.717) is 18.7 Å². The summed E-state index contributed by atoms with van der Waals surface area (Å²) in [4.78, 5) is 26.1. The Balaban J connectivity index is 1.62. The minimum atomic E-state index is -3.78. The zero-order valence-electron chi connectivity index (χ0n) is 19.2. The van der Waals surface area contributed by atoms with Crippen LogP contribution in [0.25, 0.3) is 0 Å². The van der Waals surface area contributed by atoms with Gasteiger partial charge in [-0.25, -0.2) is 13.2 Å². The van der Waals surface area contributed by atoms with Crippen molar-refractivity contribution in [2.24, 2.45) is 0 Å². The number of rotatable bonds is 8. The second-order valence-electron chi connectivity index (χ2n) is 8.66. The Morgan fingerprint density at radius 2 is 1.68 bits per heavy atom. The first-order valence-electron chi connectivity index (χ1n) is 11.6. The van der Waals surface area contributed by atoms with Crippen LogP contribution in [0.2, 0.25) is 0 Å². The fraction of sp³-hybridized carbons (Fsp3) is 0.440. The first-order chi connectivity index (χ1) is 16.4. The molecule has 1 amide bonds. The third-order valence-electron chi connectivity index (χ3n) is 6.08. The van der Waals surface area contributed by atoms with Gasteiger partial charge in [0.1, 0.15) is 11.3 Å². The van der Waals surface area contributed by atoms with Gasteiger partial charge in [-0.15, -0.1) is 0 Å². The van der Waals surface area contributed by atoms with Crippen LogP contribution in [0.1, 0.15) is 60.6 Å². The van der Waals surface area contributed by atoms with Crippen LogP contribution in [-0.2, 0) is 19.6 Å². The average Bonchev–Trinajstić information content (AvgIpc) is 3.69. The summed E-state index contributed by atoms with van der Waals surface area (Å²) in [6.07, 6.45) is 4.23. The van der Waals surface area contributed by atoms with Crippen molar-refractivity contribution in [2.45, 2.75) is 55.6 Å². The predicted octanol–water partition coefficient (Wildman–Crippen LogP) is 3.44. The first kappa shape index (κ1) is 24.2. The lowest BCUT2D eigenvalue weighted by Gasteiger charge is -2.21. The lowest BCUT2D eigenvalue weighted by Crippen LogP contribution is -2.34. The molecule has 0 unspecified atom stereocenters. The maximum atomic E-state index is 13.3. The lowest BCUT2D eigenvalue weighted by atomic mass is 10.1. The third-order valence-corrected chi connectivity index (χ3v) is 7.98. The summed E-state index contributed by atoms with van der Waals surface area (Å²) in [5.41, 5.74) is 0.486. The van der Waals surface area contributed by atoms with Gasteiger partial charge in [-0.3, -0.25) is 4.79 Å². The number of carbonyl (C=O) groups excluding carboxylic acids is 2. The number of sulfonamides is 1. The number of hydrogen-bond donors (Lipinski definition) is 1. The average molecular weight is 487 g/mol. The molecular formula is C25H30N2O6S. The number of nitrogens with zero attached hydrogens (tertiary/aromatic N) is 1. The minimum Gasteiger partial charge on any atom is -0.496 e. The zero-order chi connectivity index (χ0) is 24.1. The number of amides is 1. The molecule has 1 saturated carbocycles. The number of ether oxygens (including phenoxy) is 2. The molecule has 2 fully saturated rings. The monoisotopic (exact) mass is 486 g/mol. The van der Waals surface area contributed by atoms with Crippen molar-refractivity contribution in [3.8, 4) is 5.75 Å². The van der Waals surface area contributed by atoms with Crippen molar-refractivity contribution in [1.29, 1.82) is 0 Å². The lowest BCUT2D eigenvalue weighted by molar-refractivity contribution is -0.130. The molecule has 0 spiro atoms. The topological polar surface area (TPSA) is 102 Å². The van der Waals surface area contributed by atoms with E-state index >= 15 is 0 Å². The minimum absolute atomic E-state index is 0.000781. The van der Waals surface area contributed by atoms with Crippen molar-refractivity contribution >= 4 is 21.9 Å². The van der Waals surface area contributed by atoms with Crippen LogP contribution in [0.15, 0.2) is 53.4 Å². The molecule has 8 nitrogen and oxygen atoms in total. The van der Waals surface area contributed by atoms with Crippen LogP contribution in [0.4, 0.5) is 0 Å². The second-order valence-corrected chi connectivity index (χ2v) is 10.6. The van der Waals surface area contributed by atoms with E-state index in [-0.39, 0.29) is 22.3 Å². The summed E-state index contributed by atoms with van der Waals surface area (Å²) in [6, 6.07) is 13.0. The number of carbonyl (C=O) groups is 2. The van der Waals surface area contributed by atoms with Crippen LogP contribution in [-0.4, -0.2) is 50.8 Å². The summed E-state index contributed by atoms with van der Waals surface area (Å²) in [6.45, 7) is 0.900. The van der Waals surface area contributed by atoms with Gasteiger partial charge >= 0.3 is 5.97 Å². The summed E-state index contributed by atoms with van der Waals surface area (Å²) in [7, 11) is -2.39. The second kappa shape index (κ2) is 10.6. The van der Waals surface area contributed by atoms with E-state index in [0.717, 1.165) is 38.5 Å². The van der Waals surface area contributed by atoms with E-state index in [1.54, 1.807) is 30.3 Å². The van der Waals surface area contributed by atoms with E-state index in [9.17, 15) is 18.0 Å². The molecule has 1 N–H and O–H groups in total. The molecule has 1 heterocycles. The maximum Gasteiger partial charge on any atom is 0.343 e. The van der Waals surface area contributed by atoms with Gasteiger partial charge in [-0.2, -0.15) is 4.31 Å². The molecule has 0 radical (unpaired) electrons. The van der Waals surface area contributed by atoms with E-state index in [4.69, 9.17) is 9.47 Å². The number of nitrogens with one attached hydrogen (secondary N) is 1. The highest BCUT2D eigenvalue weighted by Crippen LogP contribution is 2.29. The Morgan fingerprint density at radius 3 is 2.29 bits per heavy atom. The van der Waals surface area contributed by atoms with Crippen molar-refractivity contribution in [3.05, 3.63) is 59.7 Å². The van der Waals surface area contributed by atoms with Gasteiger partial charge < -0.3 is 14.8 Å². The van der Waals surface area contributed by atoms with E-state index in [1.165, 1.54) is 29.6 Å². The number of hydrogen-bond acceptors (Lipinski definition) is 6. The van der Waals surface area contributed by atoms with E-state index < -0.39 is 28.0 Å². The summed E-state index contributed by atoms with van der Waals surface area (Å²) in [5, 5.41) is 2.87. The highest BCUT2D eigenvalue weighted by atomic mass is 32.2. The smallest absolute Gasteiger partial charge is 0.343 e. The van der Waals surface area contributed by atoms with Crippen LogP contribution in [0.3, 0.4) is 0 Å². The molecule has 1 atom stereocenters. The molecule has 2 aromatic rings. The molecule has 0 aromatic heterocycles. The molecule has 0 bridgehead atoms. The Kier molecular flexibility index (Phi) is 7.53. The quantitative estimate of drug-likeness (QED) is 0.574. The normalized spacial score (nSPS) is 17.9. The molecule has 182 valence electrons. The fourth-order valence-corrected chi connectivity index (χ4v) is 5.56. The largest absolute Gasteiger partial charge is 0.496 e. The zero-order valence-corrected chi connectivity index (χ0v) is 20.1. The fourth-order valence-electron chi connectivity index (χ4n) is 4.01.